The predicted octanol–water partition coefficient (Wildman–Crippen LogP) is 2.94. The van der Waals surface area contributed by atoms with E-state index < -0.39 is 27.8 Å². The minimum Gasteiger partial charge on any atom is -0.345 e. The molecule has 3 rings (SSSR count). The lowest BCUT2D eigenvalue weighted by molar-refractivity contribution is -0.141. The number of carbonyl (C=O) groups is 1. The molecule has 2 N–H and O–H groups in total. The smallest absolute Gasteiger partial charge is 0.345 e. The van der Waals surface area contributed by atoms with Crippen molar-refractivity contribution in [3.05, 3.63) is 41.5 Å². The van der Waals surface area contributed by atoms with Gasteiger partial charge in [0.1, 0.15) is 16.3 Å². The summed E-state index contributed by atoms with van der Waals surface area (Å²) in [6.07, 6.45) is -1.53. The molecule has 1 atom stereocenters. The lowest BCUT2D eigenvalue weighted by Crippen LogP contribution is -2.30. The molecule has 11 heteroatoms. The number of aryl methyl sites for hydroxylation is 1. The van der Waals surface area contributed by atoms with Crippen LogP contribution >= 0.6 is 0 Å². The molecule has 0 saturated heterocycles. The third-order valence-electron chi connectivity index (χ3n) is 4.24. The number of hydrogen-bond donors (Lipinski definition) is 2. The van der Waals surface area contributed by atoms with E-state index in [0.29, 0.717) is 18.4 Å². The van der Waals surface area contributed by atoms with Crippen LogP contribution in [-0.4, -0.2) is 29.9 Å². The monoisotopic (exact) mass is 418 g/mol. The zero-order chi connectivity index (χ0) is 20.0. The first-order chi connectivity index (χ1) is 12.5. The quantitative estimate of drug-likeness (QED) is 0.784. The maximum absolute atomic E-state index is 12.8. The van der Waals surface area contributed by atoms with E-state index in [2.05, 4.69) is 15.0 Å². The Kier molecular flexibility index (Phi) is 5.90. The minimum atomic E-state index is -4.64. The van der Waals surface area contributed by atoms with Gasteiger partial charge >= 0.3 is 6.18 Å². The number of pyridine rings is 1. The highest BCUT2D eigenvalue weighted by molar-refractivity contribution is 7.89. The zero-order valence-electron chi connectivity index (χ0n) is 14.5. The molecule has 0 radical (unpaired) electrons. The maximum atomic E-state index is 12.8. The summed E-state index contributed by atoms with van der Waals surface area (Å²) in [7, 11) is -2.26. The molecule has 0 saturated carbocycles. The SMILES string of the molecule is C.C[C@H]1CCc2c(cn(C)c2C(=O)Nc2ccnc(C(F)(F)F)c2)S(=O)(=O)N1. The van der Waals surface area contributed by atoms with Gasteiger partial charge in [-0.2, -0.15) is 13.2 Å². The Morgan fingerprint density at radius 1 is 1.39 bits per heavy atom. The molecule has 0 bridgehead atoms. The van der Waals surface area contributed by atoms with E-state index in [1.807, 2.05) is 0 Å². The Morgan fingerprint density at radius 3 is 2.71 bits per heavy atom. The second-order valence-corrected chi connectivity index (χ2v) is 8.06. The van der Waals surface area contributed by atoms with Gasteiger partial charge in [0, 0.05) is 36.7 Å². The van der Waals surface area contributed by atoms with Gasteiger partial charge in [-0.3, -0.25) is 9.78 Å². The Morgan fingerprint density at radius 2 is 2.07 bits per heavy atom. The number of nitrogens with one attached hydrogen (secondary N) is 2. The van der Waals surface area contributed by atoms with Crippen LogP contribution in [0.5, 0.6) is 0 Å². The molecule has 28 heavy (non-hydrogen) atoms. The molecule has 2 aromatic rings. The highest BCUT2D eigenvalue weighted by Crippen LogP contribution is 2.30. The van der Waals surface area contributed by atoms with E-state index in [9.17, 15) is 26.4 Å². The third-order valence-corrected chi connectivity index (χ3v) is 5.89. The van der Waals surface area contributed by atoms with E-state index in [4.69, 9.17) is 0 Å². The van der Waals surface area contributed by atoms with Crippen molar-refractivity contribution in [1.29, 1.82) is 0 Å². The second-order valence-electron chi connectivity index (χ2n) is 6.37. The molecule has 1 amide bonds. The van der Waals surface area contributed by atoms with Crippen molar-refractivity contribution in [1.82, 2.24) is 14.3 Å². The Balaban J connectivity index is 0.00000280. The number of alkyl halides is 3. The van der Waals surface area contributed by atoms with Crippen molar-refractivity contribution in [3.8, 4) is 0 Å². The highest BCUT2D eigenvalue weighted by atomic mass is 32.2. The normalized spacial score (nSPS) is 18.5. The van der Waals surface area contributed by atoms with Crippen LogP contribution in [0.1, 0.15) is 42.5 Å². The summed E-state index contributed by atoms with van der Waals surface area (Å²) in [6.45, 7) is 1.72. The average molecular weight is 418 g/mol. The van der Waals surface area contributed by atoms with Crippen LogP contribution in [0, 0.1) is 0 Å². The standard InChI is InChI=1S/C16H17F3N4O3S.CH4/c1-9-3-4-11-12(27(25,26)22-9)8-23(2)14(11)15(24)21-10-5-6-20-13(7-10)16(17,18)19;/h5-9,22H,3-4H2,1-2H3,(H,20,21,24);1H4/t9-;/m0./s1. The fraction of sp³-hybridized carbons (Fsp3) is 0.412. The Labute approximate surface area is 161 Å². The van der Waals surface area contributed by atoms with E-state index in [1.165, 1.54) is 23.9 Å². The topological polar surface area (TPSA) is 93.1 Å². The number of fused-ring (bicyclic) bond motifs is 1. The van der Waals surface area contributed by atoms with Crippen LogP contribution in [0.4, 0.5) is 18.9 Å². The van der Waals surface area contributed by atoms with Crippen molar-refractivity contribution in [2.75, 3.05) is 5.32 Å². The molecular weight excluding hydrogens is 397 g/mol. The minimum absolute atomic E-state index is 0. The van der Waals surface area contributed by atoms with Gasteiger partial charge in [0.15, 0.2) is 0 Å². The van der Waals surface area contributed by atoms with E-state index >= 15 is 0 Å². The average Bonchev–Trinajstić information content (AvgIpc) is 2.84. The molecule has 0 spiro atoms. The van der Waals surface area contributed by atoms with Crippen molar-refractivity contribution < 1.29 is 26.4 Å². The number of sulfonamides is 1. The molecule has 0 unspecified atom stereocenters. The number of hydrogen-bond acceptors (Lipinski definition) is 4. The largest absolute Gasteiger partial charge is 0.433 e. The fourth-order valence-electron chi connectivity index (χ4n) is 3.02. The van der Waals surface area contributed by atoms with E-state index in [1.54, 1.807) is 6.92 Å². The summed E-state index contributed by atoms with van der Waals surface area (Å²) in [5.74, 6) is -0.692. The molecule has 2 aromatic heterocycles. The number of carbonyl (C=O) groups excluding carboxylic acids is 1. The van der Waals surface area contributed by atoms with E-state index in [-0.39, 0.29) is 29.7 Å². The zero-order valence-corrected chi connectivity index (χ0v) is 15.3. The van der Waals surface area contributed by atoms with Crippen LogP contribution in [0.2, 0.25) is 0 Å². The Bertz CT molecular complexity index is 1000. The molecule has 0 aromatic carbocycles. The number of halogens is 3. The third kappa shape index (κ3) is 4.20. The predicted molar refractivity (Wildman–Crippen MR) is 97.4 cm³/mol. The van der Waals surface area contributed by atoms with Crippen LogP contribution in [-0.2, 0) is 29.7 Å². The first-order valence-corrected chi connectivity index (χ1v) is 9.52. The molecule has 1 aliphatic rings. The molecular formula is C17H21F3N4O3S. The summed E-state index contributed by atoms with van der Waals surface area (Å²) < 4.78 is 67.1. The van der Waals surface area contributed by atoms with Crippen LogP contribution in [0.15, 0.2) is 29.4 Å². The van der Waals surface area contributed by atoms with Crippen molar-refractivity contribution >= 4 is 21.6 Å². The van der Waals surface area contributed by atoms with Crippen molar-refractivity contribution in [3.63, 3.8) is 0 Å². The summed E-state index contributed by atoms with van der Waals surface area (Å²) in [4.78, 5) is 15.9. The molecule has 0 aliphatic carbocycles. The molecule has 0 fully saturated rings. The van der Waals surface area contributed by atoms with Gasteiger partial charge in [-0.25, -0.2) is 13.1 Å². The van der Waals surface area contributed by atoms with Crippen molar-refractivity contribution in [2.24, 2.45) is 7.05 Å². The summed E-state index contributed by atoms with van der Waals surface area (Å²) in [6, 6.07) is 1.66. The van der Waals surface area contributed by atoms with Gasteiger partial charge in [-0.05, 0) is 31.9 Å². The lowest BCUT2D eigenvalue weighted by Gasteiger charge is -2.11. The molecule has 3 heterocycles. The fourth-order valence-corrected chi connectivity index (χ4v) is 4.61. The van der Waals surface area contributed by atoms with Gasteiger partial charge in [-0.1, -0.05) is 7.43 Å². The summed E-state index contributed by atoms with van der Waals surface area (Å²) in [5.41, 5.74) is -0.779. The van der Waals surface area contributed by atoms with Crippen LogP contribution in [0.25, 0.3) is 0 Å². The van der Waals surface area contributed by atoms with Crippen molar-refractivity contribution in [2.45, 2.75) is 44.3 Å². The number of nitrogens with zero attached hydrogens (tertiary/aromatic N) is 2. The number of anilines is 1. The van der Waals surface area contributed by atoms with Gasteiger partial charge in [0.2, 0.25) is 10.0 Å². The lowest BCUT2D eigenvalue weighted by atomic mass is 10.1. The summed E-state index contributed by atoms with van der Waals surface area (Å²) >= 11 is 0. The van der Waals surface area contributed by atoms with Gasteiger partial charge < -0.3 is 9.88 Å². The van der Waals surface area contributed by atoms with Gasteiger partial charge in [-0.15, -0.1) is 0 Å². The second kappa shape index (κ2) is 7.55. The van der Waals surface area contributed by atoms with E-state index in [0.717, 1.165) is 12.3 Å². The number of rotatable bonds is 2. The maximum Gasteiger partial charge on any atom is 0.433 e. The first-order valence-electron chi connectivity index (χ1n) is 8.04. The first kappa shape index (κ1) is 21.9. The number of aromatic nitrogens is 2. The van der Waals surface area contributed by atoms with Gasteiger partial charge in [0.05, 0.1) is 0 Å². The molecule has 7 nitrogen and oxygen atoms in total. The molecule has 1 aliphatic heterocycles. The Hall–Kier alpha value is -2.40. The van der Waals surface area contributed by atoms with Crippen LogP contribution < -0.4 is 10.0 Å². The highest BCUT2D eigenvalue weighted by Gasteiger charge is 2.34. The molecule has 154 valence electrons. The summed E-state index contributed by atoms with van der Waals surface area (Å²) in [5, 5.41) is 2.39. The van der Waals surface area contributed by atoms with Gasteiger partial charge in [0.25, 0.3) is 5.91 Å². The van der Waals surface area contributed by atoms with Crippen LogP contribution in [0.3, 0.4) is 0 Å². The number of amides is 1.